The molecular formula is C24H33N7O2. The van der Waals surface area contributed by atoms with Gasteiger partial charge in [0.25, 0.3) is 0 Å². The number of nitrogens with one attached hydrogen (secondary N) is 1. The maximum Gasteiger partial charge on any atom is 0.322 e. The number of nitrogens with two attached hydrogens (primary N) is 1. The quantitative estimate of drug-likeness (QED) is 0.478. The van der Waals surface area contributed by atoms with Gasteiger partial charge in [0.2, 0.25) is 0 Å². The molecule has 1 aliphatic heterocycles. The Hall–Kier alpha value is -3.20. The molecule has 3 aromatic heterocycles. The van der Waals surface area contributed by atoms with Gasteiger partial charge in [-0.05, 0) is 44.2 Å². The normalized spacial score (nSPS) is 17.2. The second kappa shape index (κ2) is 10.6. The van der Waals surface area contributed by atoms with E-state index < -0.39 is 6.04 Å². The lowest BCUT2D eigenvalue weighted by Gasteiger charge is -2.37. The Kier molecular flexibility index (Phi) is 7.39. The van der Waals surface area contributed by atoms with Crippen molar-refractivity contribution >= 4 is 23.3 Å². The number of fused-ring (bicyclic) bond motifs is 1. The highest BCUT2D eigenvalue weighted by molar-refractivity contribution is 5.74. The van der Waals surface area contributed by atoms with Crippen molar-refractivity contribution in [1.82, 2.24) is 19.6 Å². The van der Waals surface area contributed by atoms with Crippen LogP contribution in [0.5, 0.6) is 0 Å². The number of carbonyl (C=O) groups is 1. The second-order valence-corrected chi connectivity index (χ2v) is 8.56. The van der Waals surface area contributed by atoms with Gasteiger partial charge in [0.15, 0.2) is 5.65 Å². The van der Waals surface area contributed by atoms with Crippen LogP contribution >= 0.6 is 0 Å². The number of piperidine rings is 1. The predicted molar refractivity (Wildman–Crippen MR) is 128 cm³/mol. The minimum absolute atomic E-state index is 0.258. The van der Waals surface area contributed by atoms with Crippen LogP contribution < -0.4 is 16.0 Å². The highest BCUT2D eigenvalue weighted by atomic mass is 16.5. The van der Waals surface area contributed by atoms with Gasteiger partial charge in [-0.2, -0.15) is 9.61 Å². The van der Waals surface area contributed by atoms with Gasteiger partial charge in [-0.15, -0.1) is 0 Å². The third-order valence-electron chi connectivity index (χ3n) is 6.10. The maximum absolute atomic E-state index is 11.8. The van der Waals surface area contributed by atoms with Crippen molar-refractivity contribution in [3.8, 4) is 0 Å². The summed E-state index contributed by atoms with van der Waals surface area (Å²) in [7, 11) is 0. The lowest BCUT2D eigenvalue weighted by atomic mass is 9.99. The summed E-state index contributed by atoms with van der Waals surface area (Å²) < 4.78 is 7.23. The number of aromatic nitrogens is 4. The Labute approximate surface area is 194 Å². The molecule has 0 aromatic carbocycles. The molecule has 176 valence electrons. The van der Waals surface area contributed by atoms with Crippen LogP contribution in [0, 0.1) is 0 Å². The molecule has 0 radical (unpaired) electrons. The largest absolute Gasteiger partial charge is 0.464 e. The van der Waals surface area contributed by atoms with Crippen molar-refractivity contribution in [3.63, 3.8) is 0 Å². The Morgan fingerprint density at radius 2 is 2.24 bits per heavy atom. The average molecular weight is 452 g/mol. The molecule has 2 atom stereocenters. The monoisotopic (exact) mass is 451 g/mol. The SMILES string of the molecule is CCc1cnn2c(NCc3cccnc3)cc(N3CCCC[C@H]3CCOC(=O)[C@H](C)N)nc12. The molecule has 9 nitrogen and oxygen atoms in total. The van der Waals surface area contributed by atoms with Crippen LogP contribution in [0.2, 0.25) is 0 Å². The third-order valence-corrected chi connectivity index (χ3v) is 6.10. The van der Waals surface area contributed by atoms with Crippen LogP contribution in [0.25, 0.3) is 5.65 Å². The van der Waals surface area contributed by atoms with Crippen LogP contribution in [0.1, 0.15) is 50.7 Å². The first-order valence-corrected chi connectivity index (χ1v) is 11.8. The van der Waals surface area contributed by atoms with Gasteiger partial charge in [0, 0.05) is 49.6 Å². The molecule has 33 heavy (non-hydrogen) atoms. The highest BCUT2D eigenvalue weighted by Gasteiger charge is 2.25. The van der Waals surface area contributed by atoms with E-state index >= 15 is 0 Å². The average Bonchev–Trinajstić information content (AvgIpc) is 3.26. The lowest BCUT2D eigenvalue weighted by molar-refractivity contribution is -0.144. The molecule has 1 aliphatic rings. The van der Waals surface area contributed by atoms with E-state index in [1.165, 1.54) is 0 Å². The van der Waals surface area contributed by atoms with Gasteiger partial charge in [0.05, 0.1) is 12.8 Å². The summed E-state index contributed by atoms with van der Waals surface area (Å²) in [5, 5.41) is 8.10. The number of hydrogen-bond acceptors (Lipinski definition) is 8. The van der Waals surface area contributed by atoms with E-state index in [1.54, 1.807) is 13.1 Å². The first kappa shape index (κ1) is 23.0. The van der Waals surface area contributed by atoms with Crippen molar-refractivity contribution in [1.29, 1.82) is 0 Å². The van der Waals surface area contributed by atoms with Crippen LogP contribution in [-0.2, 0) is 22.5 Å². The first-order chi connectivity index (χ1) is 16.1. The molecule has 3 aromatic rings. The summed E-state index contributed by atoms with van der Waals surface area (Å²) in [6.45, 7) is 5.69. The van der Waals surface area contributed by atoms with E-state index in [0.29, 0.717) is 13.2 Å². The van der Waals surface area contributed by atoms with Crippen LogP contribution in [0.15, 0.2) is 36.8 Å². The number of rotatable bonds is 9. The minimum atomic E-state index is -0.598. The van der Waals surface area contributed by atoms with Gasteiger partial charge in [-0.1, -0.05) is 13.0 Å². The molecule has 0 spiro atoms. The molecule has 3 N–H and O–H groups in total. The molecule has 1 saturated heterocycles. The summed E-state index contributed by atoms with van der Waals surface area (Å²) in [5.74, 6) is 1.46. The highest BCUT2D eigenvalue weighted by Crippen LogP contribution is 2.29. The van der Waals surface area contributed by atoms with Crippen LogP contribution in [0.3, 0.4) is 0 Å². The molecule has 0 bridgehead atoms. The van der Waals surface area contributed by atoms with E-state index in [4.69, 9.17) is 15.5 Å². The Bertz CT molecular complexity index is 1070. The standard InChI is InChI=1S/C24H33N7O2/c1-3-19-16-28-31-21(27-15-18-7-6-10-26-14-18)13-22(29-23(19)31)30-11-5-4-8-20(30)9-12-33-24(32)17(2)25/h6-7,10,13-14,16-17,20,27H,3-5,8-9,11-12,15,25H2,1-2H3/t17-,20-/m0/s1. The van der Waals surface area contributed by atoms with E-state index in [2.05, 4.69) is 33.3 Å². The molecular weight excluding hydrogens is 418 g/mol. The van der Waals surface area contributed by atoms with Crippen molar-refractivity contribution in [3.05, 3.63) is 47.9 Å². The number of ether oxygens (including phenoxy) is 1. The van der Waals surface area contributed by atoms with Crippen molar-refractivity contribution in [2.75, 3.05) is 23.4 Å². The van der Waals surface area contributed by atoms with Gasteiger partial charge in [-0.3, -0.25) is 9.78 Å². The number of hydrogen-bond donors (Lipinski definition) is 2. The first-order valence-electron chi connectivity index (χ1n) is 11.8. The zero-order chi connectivity index (χ0) is 23.2. The van der Waals surface area contributed by atoms with E-state index in [0.717, 1.165) is 67.1 Å². The number of aryl methyl sites for hydroxylation is 1. The van der Waals surface area contributed by atoms with Crippen molar-refractivity contribution in [2.45, 2.75) is 64.6 Å². The van der Waals surface area contributed by atoms with Gasteiger partial charge < -0.3 is 20.7 Å². The number of nitrogens with zero attached hydrogens (tertiary/aromatic N) is 5. The van der Waals surface area contributed by atoms with Crippen molar-refractivity contribution in [2.24, 2.45) is 5.73 Å². The second-order valence-electron chi connectivity index (χ2n) is 8.56. The molecule has 0 aliphatic carbocycles. The van der Waals surface area contributed by atoms with Gasteiger partial charge in [0.1, 0.15) is 17.7 Å². The molecule has 4 rings (SSSR count). The molecule has 1 fully saturated rings. The Morgan fingerprint density at radius 3 is 3.00 bits per heavy atom. The van der Waals surface area contributed by atoms with E-state index in [9.17, 15) is 4.79 Å². The van der Waals surface area contributed by atoms with Crippen LogP contribution in [-0.4, -0.2) is 50.8 Å². The fraction of sp³-hybridized carbons (Fsp3) is 0.500. The smallest absolute Gasteiger partial charge is 0.322 e. The maximum atomic E-state index is 11.8. The zero-order valence-corrected chi connectivity index (χ0v) is 19.4. The molecule has 4 heterocycles. The van der Waals surface area contributed by atoms with Crippen molar-refractivity contribution < 1.29 is 9.53 Å². The van der Waals surface area contributed by atoms with Gasteiger partial charge in [-0.25, -0.2) is 4.98 Å². The Morgan fingerprint density at radius 1 is 1.36 bits per heavy atom. The summed E-state index contributed by atoms with van der Waals surface area (Å²) in [4.78, 5) is 23.3. The molecule has 0 saturated carbocycles. The summed E-state index contributed by atoms with van der Waals surface area (Å²) in [6, 6.07) is 5.71. The van der Waals surface area contributed by atoms with E-state index in [1.807, 2.05) is 29.0 Å². The molecule has 9 heteroatoms. The third kappa shape index (κ3) is 5.42. The predicted octanol–water partition coefficient (Wildman–Crippen LogP) is 2.94. The fourth-order valence-corrected chi connectivity index (χ4v) is 4.24. The molecule has 0 amide bonds. The Balaban J connectivity index is 1.58. The fourth-order valence-electron chi connectivity index (χ4n) is 4.24. The molecule has 0 unspecified atom stereocenters. The van der Waals surface area contributed by atoms with E-state index in [-0.39, 0.29) is 12.0 Å². The number of esters is 1. The van der Waals surface area contributed by atoms with Gasteiger partial charge >= 0.3 is 5.97 Å². The zero-order valence-electron chi connectivity index (χ0n) is 19.4. The topological polar surface area (TPSA) is 111 Å². The minimum Gasteiger partial charge on any atom is -0.464 e. The summed E-state index contributed by atoms with van der Waals surface area (Å²) >= 11 is 0. The number of pyridine rings is 1. The number of anilines is 2. The summed E-state index contributed by atoms with van der Waals surface area (Å²) in [5.41, 5.74) is 8.70. The summed E-state index contributed by atoms with van der Waals surface area (Å²) in [6.07, 6.45) is 10.4. The number of carbonyl (C=O) groups excluding carboxylic acids is 1. The lowest BCUT2D eigenvalue weighted by Crippen LogP contribution is -2.41. The van der Waals surface area contributed by atoms with Crippen LogP contribution in [0.4, 0.5) is 11.6 Å².